The van der Waals surface area contributed by atoms with Gasteiger partial charge in [-0.2, -0.15) is 0 Å². The molecule has 0 aliphatic heterocycles. The van der Waals surface area contributed by atoms with Crippen LogP contribution in [0.3, 0.4) is 0 Å². The van der Waals surface area contributed by atoms with Gasteiger partial charge in [-0.1, -0.05) is 37.6 Å². The number of carboxylic acid groups (broad SMARTS) is 1. The van der Waals surface area contributed by atoms with E-state index in [1.165, 1.54) is 0 Å². The molecule has 4 nitrogen and oxygen atoms in total. The Balaban J connectivity index is 3.02. The van der Waals surface area contributed by atoms with Crippen LogP contribution < -0.4 is 5.32 Å². The van der Waals surface area contributed by atoms with Crippen LogP contribution in [0.25, 0.3) is 0 Å². The lowest BCUT2D eigenvalue weighted by Crippen LogP contribution is -2.48. The van der Waals surface area contributed by atoms with Crippen molar-refractivity contribution in [3.05, 3.63) is 34.9 Å². The molecule has 5 heteroatoms. The predicted molar refractivity (Wildman–Crippen MR) is 88.1 cm³/mol. The van der Waals surface area contributed by atoms with Gasteiger partial charge < -0.3 is 10.4 Å². The molecule has 0 radical (unpaired) electrons. The third-order valence-electron chi connectivity index (χ3n) is 4.31. The lowest BCUT2D eigenvalue weighted by Gasteiger charge is -2.32. The highest BCUT2D eigenvalue weighted by atomic mass is 35.5. The Morgan fingerprint density at radius 1 is 1.14 bits per heavy atom. The highest BCUT2D eigenvalue weighted by Gasteiger charge is 2.38. The Kier molecular flexibility index (Phi) is 6.00. The Hall–Kier alpha value is -1.55. The predicted octanol–water partition coefficient (Wildman–Crippen LogP) is 3.62. The molecule has 0 fully saturated rings. The van der Waals surface area contributed by atoms with Crippen LogP contribution in [0.5, 0.6) is 0 Å². The number of carbonyl (C=O) groups is 2. The van der Waals surface area contributed by atoms with Crippen LogP contribution in [0.1, 0.15) is 46.1 Å². The molecule has 0 atom stereocenters. The molecular formula is C17H24ClNO3. The third kappa shape index (κ3) is 3.80. The van der Waals surface area contributed by atoms with Gasteiger partial charge in [0.15, 0.2) is 0 Å². The number of halogens is 1. The first-order valence-electron chi connectivity index (χ1n) is 7.47. The van der Waals surface area contributed by atoms with Crippen LogP contribution in [0.2, 0.25) is 5.02 Å². The number of carboxylic acids is 1. The van der Waals surface area contributed by atoms with E-state index in [0.29, 0.717) is 17.9 Å². The van der Waals surface area contributed by atoms with Crippen LogP contribution >= 0.6 is 11.6 Å². The number of nitrogens with one attached hydrogen (secondary N) is 1. The summed E-state index contributed by atoms with van der Waals surface area (Å²) in [4.78, 5) is 23.9. The van der Waals surface area contributed by atoms with E-state index in [4.69, 9.17) is 16.7 Å². The topological polar surface area (TPSA) is 66.4 Å². The number of benzene rings is 1. The van der Waals surface area contributed by atoms with Gasteiger partial charge in [-0.25, -0.2) is 0 Å². The zero-order valence-corrected chi connectivity index (χ0v) is 14.3. The maximum Gasteiger partial charge on any atom is 0.310 e. The maximum atomic E-state index is 12.7. The molecule has 0 aliphatic carbocycles. The van der Waals surface area contributed by atoms with E-state index in [1.54, 1.807) is 26.0 Å². The van der Waals surface area contributed by atoms with E-state index in [-0.39, 0.29) is 12.5 Å². The molecule has 22 heavy (non-hydrogen) atoms. The molecule has 0 heterocycles. The van der Waals surface area contributed by atoms with Crippen LogP contribution in [0, 0.1) is 5.41 Å². The zero-order chi connectivity index (χ0) is 17.0. The second kappa shape index (κ2) is 7.14. The van der Waals surface area contributed by atoms with Crippen molar-refractivity contribution in [2.75, 3.05) is 6.54 Å². The second-order valence-corrected chi connectivity index (χ2v) is 6.60. The number of carbonyl (C=O) groups excluding carboxylic acids is 1. The molecule has 0 aliphatic rings. The largest absolute Gasteiger partial charge is 0.481 e. The molecule has 0 aromatic heterocycles. The summed E-state index contributed by atoms with van der Waals surface area (Å²) in [5, 5.41) is 12.6. The smallest absolute Gasteiger partial charge is 0.310 e. The van der Waals surface area contributed by atoms with Gasteiger partial charge in [0, 0.05) is 11.6 Å². The fraction of sp³-hybridized carbons (Fsp3) is 0.529. The summed E-state index contributed by atoms with van der Waals surface area (Å²) in [6.07, 6.45) is 1.26. The van der Waals surface area contributed by atoms with Crippen molar-refractivity contribution in [1.29, 1.82) is 0 Å². The maximum absolute atomic E-state index is 12.7. The molecule has 1 rings (SSSR count). The van der Waals surface area contributed by atoms with E-state index in [9.17, 15) is 9.59 Å². The summed E-state index contributed by atoms with van der Waals surface area (Å²) >= 11 is 5.92. The molecule has 0 bridgehead atoms. The minimum absolute atomic E-state index is 0.0938. The highest BCUT2D eigenvalue weighted by Crippen LogP contribution is 2.33. The van der Waals surface area contributed by atoms with Crippen molar-refractivity contribution in [1.82, 2.24) is 5.32 Å². The number of amides is 1. The minimum Gasteiger partial charge on any atom is -0.481 e. The van der Waals surface area contributed by atoms with Crippen molar-refractivity contribution < 1.29 is 14.7 Å². The molecule has 0 saturated heterocycles. The molecule has 2 N–H and O–H groups in total. The van der Waals surface area contributed by atoms with Crippen molar-refractivity contribution >= 4 is 23.5 Å². The fourth-order valence-corrected chi connectivity index (χ4v) is 2.55. The van der Waals surface area contributed by atoms with Crippen LogP contribution in [0.15, 0.2) is 24.3 Å². The number of rotatable bonds is 7. The summed E-state index contributed by atoms with van der Waals surface area (Å²) in [6, 6.07) is 7.26. The molecule has 1 aromatic rings. The molecular weight excluding hydrogens is 302 g/mol. The summed E-state index contributed by atoms with van der Waals surface area (Å²) in [6.45, 7) is 7.20. The van der Waals surface area contributed by atoms with Gasteiger partial charge in [-0.3, -0.25) is 9.59 Å². The number of aliphatic carboxylic acids is 1. The van der Waals surface area contributed by atoms with Gasteiger partial charge in [0.2, 0.25) is 5.91 Å². The van der Waals surface area contributed by atoms with Crippen LogP contribution in [-0.2, 0) is 15.0 Å². The number of hydrogen-bond acceptors (Lipinski definition) is 2. The van der Waals surface area contributed by atoms with Crippen LogP contribution in [0.4, 0.5) is 0 Å². The van der Waals surface area contributed by atoms with E-state index >= 15 is 0 Å². The van der Waals surface area contributed by atoms with Crippen molar-refractivity contribution in [2.24, 2.45) is 5.41 Å². The van der Waals surface area contributed by atoms with Gasteiger partial charge in [0.25, 0.3) is 0 Å². The monoisotopic (exact) mass is 325 g/mol. The molecule has 0 unspecified atom stereocenters. The summed E-state index contributed by atoms with van der Waals surface area (Å²) < 4.78 is 0. The first-order valence-corrected chi connectivity index (χ1v) is 7.85. The summed E-state index contributed by atoms with van der Waals surface area (Å²) in [5.41, 5.74) is -0.769. The lowest BCUT2D eigenvalue weighted by molar-refractivity contribution is -0.147. The molecule has 1 aromatic carbocycles. The lowest BCUT2D eigenvalue weighted by atomic mass is 9.75. The number of hydrogen-bond donors (Lipinski definition) is 2. The first kappa shape index (κ1) is 18.5. The van der Waals surface area contributed by atoms with Gasteiger partial charge >= 0.3 is 5.97 Å². The molecule has 122 valence electrons. The molecule has 1 amide bonds. The average Bonchev–Trinajstić information content (AvgIpc) is 2.48. The van der Waals surface area contributed by atoms with E-state index in [0.717, 1.165) is 5.56 Å². The summed E-state index contributed by atoms with van der Waals surface area (Å²) in [7, 11) is 0. The van der Waals surface area contributed by atoms with Crippen molar-refractivity contribution in [3.63, 3.8) is 0 Å². The Morgan fingerprint density at radius 2 is 1.64 bits per heavy atom. The molecule has 0 saturated carbocycles. The summed E-state index contributed by atoms with van der Waals surface area (Å²) in [5.74, 6) is -1.08. The third-order valence-corrected chi connectivity index (χ3v) is 4.56. The average molecular weight is 326 g/mol. The van der Waals surface area contributed by atoms with Gasteiger partial charge in [0.1, 0.15) is 0 Å². The Morgan fingerprint density at radius 3 is 2.05 bits per heavy atom. The Bertz CT molecular complexity index is 533. The van der Waals surface area contributed by atoms with Crippen LogP contribution in [-0.4, -0.2) is 23.5 Å². The van der Waals surface area contributed by atoms with Gasteiger partial charge in [-0.05, 0) is 44.4 Å². The standard InChI is InChI=1S/C17H24ClNO3/c1-5-17(6-2,12-7-9-13(18)10-8-12)14(20)19-11-16(3,4)15(21)22/h7-10H,5-6,11H2,1-4H3,(H,19,20)(H,21,22). The van der Waals surface area contributed by atoms with Gasteiger partial charge in [-0.15, -0.1) is 0 Å². The van der Waals surface area contributed by atoms with E-state index in [2.05, 4.69) is 5.32 Å². The van der Waals surface area contributed by atoms with E-state index < -0.39 is 16.8 Å². The SMILES string of the molecule is CCC(CC)(C(=O)NCC(C)(C)C(=O)O)c1ccc(Cl)cc1. The zero-order valence-electron chi connectivity index (χ0n) is 13.6. The fourth-order valence-electron chi connectivity index (χ4n) is 2.43. The van der Waals surface area contributed by atoms with Crippen molar-refractivity contribution in [3.8, 4) is 0 Å². The second-order valence-electron chi connectivity index (χ2n) is 6.17. The van der Waals surface area contributed by atoms with Crippen molar-refractivity contribution in [2.45, 2.75) is 46.0 Å². The first-order chi connectivity index (χ1) is 10.2. The Labute approximate surface area is 136 Å². The van der Waals surface area contributed by atoms with Gasteiger partial charge in [0.05, 0.1) is 10.8 Å². The quantitative estimate of drug-likeness (QED) is 0.804. The minimum atomic E-state index is -0.997. The van der Waals surface area contributed by atoms with E-state index in [1.807, 2.05) is 26.0 Å². The highest BCUT2D eigenvalue weighted by molar-refractivity contribution is 6.30. The normalized spacial score (nSPS) is 12.0. The molecule has 0 spiro atoms.